The zero-order valence-electron chi connectivity index (χ0n) is 12.3. The van der Waals surface area contributed by atoms with Gasteiger partial charge in [-0.3, -0.25) is 4.79 Å². The molecule has 0 amide bonds. The summed E-state index contributed by atoms with van der Waals surface area (Å²) < 4.78 is 5.64. The summed E-state index contributed by atoms with van der Waals surface area (Å²) in [4.78, 5) is 10.8. The standard InChI is InChI=1S/C17H22O3/c1-4-5-15(12-17(18)19)14-6-8-16(9-7-14)20-11-10-13(2)3/h6-9,13,15H,10-12H2,1-3H3,(H,18,19)/t15-/m0/s1. The SMILES string of the molecule is CC#C[C@@H](CC(=O)O)c1ccc(OCCC(C)C)cc1. The minimum atomic E-state index is -0.838. The molecular weight excluding hydrogens is 252 g/mol. The highest BCUT2D eigenvalue weighted by atomic mass is 16.5. The molecule has 1 rings (SSSR count). The highest BCUT2D eigenvalue weighted by Gasteiger charge is 2.13. The van der Waals surface area contributed by atoms with Crippen LogP contribution >= 0.6 is 0 Å². The summed E-state index contributed by atoms with van der Waals surface area (Å²) >= 11 is 0. The molecule has 3 heteroatoms. The molecule has 1 aromatic rings. The van der Waals surface area contributed by atoms with Gasteiger partial charge in [-0.25, -0.2) is 0 Å². The Kier molecular flexibility index (Phi) is 6.66. The third-order valence-electron chi connectivity index (χ3n) is 2.94. The van der Waals surface area contributed by atoms with Crippen molar-refractivity contribution in [2.45, 2.75) is 39.5 Å². The third-order valence-corrected chi connectivity index (χ3v) is 2.94. The van der Waals surface area contributed by atoms with Crippen LogP contribution in [-0.4, -0.2) is 17.7 Å². The fourth-order valence-electron chi connectivity index (χ4n) is 1.81. The number of carbonyl (C=O) groups is 1. The molecule has 108 valence electrons. The van der Waals surface area contributed by atoms with Crippen molar-refractivity contribution in [2.24, 2.45) is 5.92 Å². The molecule has 3 nitrogen and oxygen atoms in total. The minimum absolute atomic E-state index is 0.0222. The average Bonchev–Trinajstić information content (AvgIpc) is 2.38. The van der Waals surface area contributed by atoms with Crippen molar-refractivity contribution in [3.63, 3.8) is 0 Å². The summed E-state index contributed by atoms with van der Waals surface area (Å²) in [6.07, 6.45) is 1.04. The topological polar surface area (TPSA) is 46.5 Å². The zero-order valence-corrected chi connectivity index (χ0v) is 12.3. The van der Waals surface area contributed by atoms with Gasteiger partial charge in [-0.05, 0) is 37.0 Å². The summed E-state index contributed by atoms with van der Waals surface area (Å²) in [5.74, 6) is 6.06. The molecule has 1 aromatic carbocycles. The maximum Gasteiger partial charge on any atom is 0.304 e. The molecule has 20 heavy (non-hydrogen) atoms. The predicted molar refractivity (Wildman–Crippen MR) is 79.8 cm³/mol. The van der Waals surface area contributed by atoms with Crippen LogP contribution in [0.3, 0.4) is 0 Å². The molecule has 0 unspecified atom stereocenters. The fourth-order valence-corrected chi connectivity index (χ4v) is 1.81. The Morgan fingerprint density at radius 2 is 1.95 bits per heavy atom. The Bertz CT molecular complexity index is 477. The van der Waals surface area contributed by atoms with Gasteiger partial charge < -0.3 is 9.84 Å². The molecule has 0 saturated carbocycles. The normalized spacial score (nSPS) is 11.6. The Morgan fingerprint density at radius 3 is 2.45 bits per heavy atom. The largest absolute Gasteiger partial charge is 0.494 e. The fraction of sp³-hybridized carbons (Fsp3) is 0.471. The molecule has 0 fully saturated rings. The maximum absolute atomic E-state index is 10.8. The summed E-state index contributed by atoms with van der Waals surface area (Å²) in [6.45, 7) is 6.74. The first-order valence-corrected chi connectivity index (χ1v) is 6.89. The number of benzene rings is 1. The van der Waals surface area contributed by atoms with Crippen molar-refractivity contribution >= 4 is 5.97 Å². The molecule has 0 aromatic heterocycles. The monoisotopic (exact) mass is 274 g/mol. The van der Waals surface area contributed by atoms with Gasteiger partial charge in [0.25, 0.3) is 0 Å². The molecule has 0 aliphatic rings. The highest BCUT2D eigenvalue weighted by molar-refractivity contribution is 5.69. The quantitative estimate of drug-likeness (QED) is 0.771. The van der Waals surface area contributed by atoms with Crippen LogP contribution in [0.2, 0.25) is 0 Å². The number of ether oxygens (including phenoxy) is 1. The highest BCUT2D eigenvalue weighted by Crippen LogP contribution is 2.22. The van der Waals surface area contributed by atoms with Crippen molar-refractivity contribution in [3.8, 4) is 17.6 Å². The van der Waals surface area contributed by atoms with Crippen LogP contribution in [0, 0.1) is 17.8 Å². The number of aliphatic carboxylic acids is 1. The molecule has 0 saturated heterocycles. The Hall–Kier alpha value is -1.95. The van der Waals surface area contributed by atoms with Crippen LogP contribution in [0.4, 0.5) is 0 Å². The number of hydrogen-bond donors (Lipinski definition) is 1. The second kappa shape index (κ2) is 8.27. The van der Waals surface area contributed by atoms with E-state index in [-0.39, 0.29) is 12.3 Å². The Morgan fingerprint density at radius 1 is 1.30 bits per heavy atom. The van der Waals surface area contributed by atoms with E-state index in [2.05, 4.69) is 25.7 Å². The second-order valence-corrected chi connectivity index (χ2v) is 5.14. The molecule has 1 N–H and O–H groups in total. The number of carboxylic acids is 1. The lowest BCUT2D eigenvalue weighted by atomic mass is 9.96. The van der Waals surface area contributed by atoms with Gasteiger partial charge in [-0.2, -0.15) is 0 Å². The third kappa shape index (κ3) is 5.79. The van der Waals surface area contributed by atoms with E-state index < -0.39 is 5.97 Å². The van der Waals surface area contributed by atoms with Gasteiger partial charge in [0, 0.05) is 0 Å². The molecule has 1 atom stereocenters. The molecule has 0 bridgehead atoms. The van der Waals surface area contributed by atoms with E-state index in [0.29, 0.717) is 12.5 Å². The van der Waals surface area contributed by atoms with E-state index >= 15 is 0 Å². The van der Waals surface area contributed by atoms with Gasteiger partial charge in [0.05, 0.1) is 18.9 Å². The predicted octanol–water partition coefficient (Wildman–Crippen LogP) is 3.69. The van der Waals surface area contributed by atoms with E-state index in [1.807, 2.05) is 24.3 Å². The van der Waals surface area contributed by atoms with Gasteiger partial charge in [0.15, 0.2) is 0 Å². The van der Waals surface area contributed by atoms with Gasteiger partial charge >= 0.3 is 5.97 Å². The van der Waals surface area contributed by atoms with Crippen molar-refractivity contribution in [1.82, 2.24) is 0 Å². The first kappa shape index (κ1) is 16.1. The molecule has 0 aliphatic carbocycles. The van der Waals surface area contributed by atoms with Crippen LogP contribution in [-0.2, 0) is 4.79 Å². The lowest BCUT2D eigenvalue weighted by Crippen LogP contribution is -2.05. The van der Waals surface area contributed by atoms with E-state index in [1.54, 1.807) is 6.92 Å². The van der Waals surface area contributed by atoms with Crippen LogP contribution in [0.25, 0.3) is 0 Å². The smallest absolute Gasteiger partial charge is 0.304 e. The number of rotatable bonds is 7. The van der Waals surface area contributed by atoms with E-state index in [9.17, 15) is 4.79 Å². The van der Waals surface area contributed by atoms with Crippen molar-refractivity contribution in [1.29, 1.82) is 0 Å². The molecule has 0 heterocycles. The Labute approximate surface area is 121 Å². The van der Waals surface area contributed by atoms with E-state index in [1.165, 1.54) is 0 Å². The zero-order chi connectivity index (χ0) is 15.0. The molecule has 0 aliphatic heterocycles. The maximum atomic E-state index is 10.8. The number of carboxylic acid groups (broad SMARTS) is 1. The minimum Gasteiger partial charge on any atom is -0.494 e. The average molecular weight is 274 g/mol. The molecular formula is C17H22O3. The molecule has 0 spiro atoms. The van der Waals surface area contributed by atoms with Crippen molar-refractivity contribution in [2.75, 3.05) is 6.61 Å². The van der Waals surface area contributed by atoms with Gasteiger partial charge in [0.2, 0.25) is 0 Å². The Balaban J connectivity index is 2.67. The van der Waals surface area contributed by atoms with Gasteiger partial charge in [-0.15, -0.1) is 5.92 Å². The summed E-state index contributed by atoms with van der Waals surface area (Å²) in [6, 6.07) is 7.54. The first-order valence-electron chi connectivity index (χ1n) is 6.89. The van der Waals surface area contributed by atoms with E-state index in [0.717, 1.165) is 17.7 Å². The van der Waals surface area contributed by atoms with Gasteiger partial charge in [-0.1, -0.05) is 31.9 Å². The summed E-state index contributed by atoms with van der Waals surface area (Å²) in [5.41, 5.74) is 0.915. The molecule has 0 radical (unpaired) electrons. The second-order valence-electron chi connectivity index (χ2n) is 5.14. The van der Waals surface area contributed by atoms with Crippen LogP contribution in [0.5, 0.6) is 5.75 Å². The summed E-state index contributed by atoms with van der Waals surface area (Å²) in [5, 5.41) is 8.90. The first-order chi connectivity index (χ1) is 9.52. The van der Waals surface area contributed by atoms with Crippen LogP contribution in [0.15, 0.2) is 24.3 Å². The lowest BCUT2D eigenvalue weighted by Gasteiger charge is -2.11. The van der Waals surface area contributed by atoms with E-state index in [4.69, 9.17) is 9.84 Å². The van der Waals surface area contributed by atoms with Crippen molar-refractivity contribution < 1.29 is 14.6 Å². The van der Waals surface area contributed by atoms with Gasteiger partial charge in [0.1, 0.15) is 5.75 Å². The van der Waals surface area contributed by atoms with Crippen molar-refractivity contribution in [3.05, 3.63) is 29.8 Å². The lowest BCUT2D eigenvalue weighted by molar-refractivity contribution is -0.137. The summed E-state index contributed by atoms with van der Waals surface area (Å²) in [7, 11) is 0. The van der Waals surface area contributed by atoms with Crippen LogP contribution < -0.4 is 4.74 Å². The van der Waals surface area contributed by atoms with Crippen LogP contribution in [0.1, 0.15) is 45.1 Å². The number of hydrogen-bond acceptors (Lipinski definition) is 2.